The molecule has 0 aliphatic carbocycles. The first-order valence-electron chi connectivity index (χ1n) is 5.94. The number of carbonyl (C=O) groups excluding carboxylic acids is 1. The van der Waals surface area contributed by atoms with Crippen molar-refractivity contribution in [2.75, 3.05) is 7.11 Å². The Morgan fingerprint density at radius 3 is 2.58 bits per heavy atom. The van der Waals surface area contributed by atoms with Gasteiger partial charge in [0.05, 0.1) is 13.5 Å². The standard InChI is InChI=1S/C15H12BrNO2/c1-19-15(18)7-9-2-4-13-11(6-9)12-8-10(16)3-5-14(12)17-13/h2-6,8,17H,7H2,1H3. The Kier molecular flexibility index (Phi) is 3.03. The Hall–Kier alpha value is -1.81. The number of ether oxygens (including phenoxy) is 1. The fourth-order valence-corrected chi connectivity index (χ4v) is 2.63. The molecule has 0 aliphatic heterocycles. The van der Waals surface area contributed by atoms with E-state index in [1.165, 1.54) is 7.11 Å². The molecule has 19 heavy (non-hydrogen) atoms. The summed E-state index contributed by atoms with van der Waals surface area (Å²) in [6.07, 6.45) is 0.299. The number of aromatic nitrogens is 1. The van der Waals surface area contributed by atoms with Crippen LogP contribution in [0.2, 0.25) is 0 Å². The molecule has 0 bridgehead atoms. The quantitative estimate of drug-likeness (QED) is 0.730. The molecule has 0 spiro atoms. The maximum Gasteiger partial charge on any atom is 0.309 e. The zero-order valence-electron chi connectivity index (χ0n) is 10.4. The first-order valence-corrected chi connectivity index (χ1v) is 6.73. The molecular formula is C15H12BrNO2. The van der Waals surface area contributed by atoms with E-state index in [4.69, 9.17) is 4.74 Å². The van der Waals surface area contributed by atoms with Crippen LogP contribution in [-0.2, 0) is 16.0 Å². The minimum Gasteiger partial charge on any atom is -0.469 e. The highest BCUT2D eigenvalue weighted by Crippen LogP contribution is 2.28. The molecule has 0 saturated heterocycles. The number of aromatic amines is 1. The van der Waals surface area contributed by atoms with Gasteiger partial charge in [0.1, 0.15) is 0 Å². The van der Waals surface area contributed by atoms with Crippen molar-refractivity contribution >= 4 is 43.7 Å². The number of carbonyl (C=O) groups is 1. The normalized spacial score (nSPS) is 11.1. The van der Waals surface area contributed by atoms with Crippen LogP contribution in [0.5, 0.6) is 0 Å². The molecule has 0 saturated carbocycles. The van der Waals surface area contributed by atoms with Crippen LogP contribution in [0.25, 0.3) is 21.8 Å². The molecular weight excluding hydrogens is 306 g/mol. The van der Waals surface area contributed by atoms with Gasteiger partial charge in [0, 0.05) is 26.3 Å². The lowest BCUT2D eigenvalue weighted by Crippen LogP contribution is -2.03. The summed E-state index contributed by atoms with van der Waals surface area (Å²) in [5, 5.41) is 2.27. The second-order valence-electron chi connectivity index (χ2n) is 4.45. The Bertz CT molecular complexity index is 776. The first kappa shape index (κ1) is 12.2. The number of benzene rings is 2. The maximum atomic E-state index is 11.3. The van der Waals surface area contributed by atoms with Gasteiger partial charge in [-0.1, -0.05) is 22.0 Å². The van der Waals surface area contributed by atoms with E-state index in [1.54, 1.807) is 0 Å². The number of esters is 1. The average Bonchev–Trinajstić information content (AvgIpc) is 2.76. The van der Waals surface area contributed by atoms with Gasteiger partial charge >= 0.3 is 5.97 Å². The second-order valence-corrected chi connectivity index (χ2v) is 5.36. The van der Waals surface area contributed by atoms with Crippen molar-refractivity contribution in [3.05, 3.63) is 46.4 Å². The molecule has 3 nitrogen and oxygen atoms in total. The van der Waals surface area contributed by atoms with E-state index in [2.05, 4.69) is 27.0 Å². The molecule has 3 rings (SSSR count). The van der Waals surface area contributed by atoms with Crippen molar-refractivity contribution in [1.82, 2.24) is 4.98 Å². The number of nitrogens with one attached hydrogen (secondary N) is 1. The van der Waals surface area contributed by atoms with E-state index in [0.29, 0.717) is 6.42 Å². The Balaban J connectivity index is 2.17. The molecule has 0 unspecified atom stereocenters. The van der Waals surface area contributed by atoms with Crippen LogP contribution in [0.4, 0.5) is 0 Å². The first-order chi connectivity index (χ1) is 9.17. The summed E-state index contributed by atoms with van der Waals surface area (Å²) in [6.45, 7) is 0. The van der Waals surface area contributed by atoms with Gasteiger partial charge in [-0.15, -0.1) is 0 Å². The topological polar surface area (TPSA) is 42.1 Å². The monoisotopic (exact) mass is 317 g/mol. The number of hydrogen-bond donors (Lipinski definition) is 1. The summed E-state index contributed by atoms with van der Waals surface area (Å²) in [5.74, 6) is -0.222. The van der Waals surface area contributed by atoms with E-state index < -0.39 is 0 Å². The van der Waals surface area contributed by atoms with Crippen molar-refractivity contribution in [3.8, 4) is 0 Å². The van der Waals surface area contributed by atoms with Crippen molar-refractivity contribution in [2.24, 2.45) is 0 Å². The van der Waals surface area contributed by atoms with Gasteiger partial charge in [0.25, 0.3) is 0 Å². The van der Waals surface area contributed by atoms with Gasteiger partial charge in [-0.05, 0) is 35.9 Å². The van der Waals surface area contributed by atoms with Crippen LogP contribution in [0.3, 0.4) is 0 Å². The van der Waals surface area contributed by atoms with Gasteiger partial charge in [0.15, 0.2) is 0 Å². The molecule has 0 amide bonds. The zero-order chi connectivity index (χ0) is 13.4. The fourth-order valence-electron chi connectivity index (χ4n) is 2.27. The van der Waals surface area contributed by atoms with Crippen LogP contribution < -0.4 is 0 Å². The fraction of sp³-hybridized carbons (Fsp3) is 0.133. The van der Waals surface area contributed by atoms with E-state index in [0.717, 1.165) is 31.8 Å². The van der Waals surface area contributed by atoms with Gasteiger partial charge in [-0.3, -0.25) is 4.79 Å². The number of fused-ring (bicyclic) bond motifs is 3. The van der Waals surface area contributed by atoms with E-state index in [1.807, 2.05) is 30.3 Å². The molecule has 0 radical (unpaired) electrons. The van der Waals surface area contributed by atoms with E-state index >= 15 is 0 Å². The highest BCUT2D eigenvalue weighted by molar-refractivity contribution is 9.10. The molecule has 1 aromatic heterocycles. The molecule has 2 aromatic carbocycles. The SMILES string of the molecule is COC(=O)Cc1ccc2[nH]c3ccc(Br)cc3c2c1. The lowest BCUT2D eigenvalue weighted by Gasteiger charge is -2.00. The van der Waals surface area contributed by atoms with Crippen LogP contribution in [0.15, 0.2) is 40.9 Å². The molecule has 0 fully saturated rings. The number of rotatable bonds is 2. The van der Waals surface area contributed by atoms with Crippen LogP contribution in [-0.4, -0.2) is 18.1 Å². The molecule has 3 aromatic rings. The number of hydrogen-bond acceptors (Lipinski definition) is 2. The predicted molar refractivity (Wildman–Crippen MR) is 79.2 cm³/mol. The smallest absolute Gasteiger partial charge is 0.309 e. The summed E-state index contributed by atoms with van der Waals surface area (Å²) >= 11 is 3.48. The van der Waals surface area contributed by atoms with Gasteiger partial charge < -0.3 is 9.72 Å². The van der Waals surface area contributed by atoms with Crippen molar-refractivity contribution in [2.45, 2.75) is 6.42 Å². The zero-order valence-corrected chi connectivity index (χ0v) is 12.0. The third-order valence-corrected chi connectivity index (χ3v) is 3.69. The highest BCUT2D eigenvalue weighted by atomic mass is 79.9. The lowest BCUT2D eigenvalue weighted by molar-refractivity contribution is -0.139. The number of halogens is 1. The molecule has 0 atom stereocenters. The summed E-state index contributed by atoms with van der Waals surface area (Å²) < 4.78 is 5.74. The van der Waals surface area contributed by atoms with Gasteiger partial charge in [-0.2, -0.15) is 0 Å². The minimum absolute atomic E-state index is 0.222. The molecule has 96 valence electrons. The predicted octanol–water partition coefficient (Wildman–Crippen LogP) is 3.80. The minimum atomic E-state index is -0.222. The summed E-state index contributed by atoms with van der Waals surface area (Å²) in [5.41, 5.74) is 3.12. The van der Waals surface area contributed by atoms with Crippen LogP contribution in [0, 0.1) is 0 Å². The van der Waals surface area contributed by atoms with Crippen LogP contribution >= 0.6 is 15.9 Å². The van der Waals surface area contributed by atoms with Gasteiger partial charge in [-0.25, -0.2) is 0 Å². The maximum absolute atomic E-state index is 11.3. The van der Waals surface area contributed by atoms with Crippen molar-refractivity contribution < 1.29 is 9.53 Å². The second kappa shape index (κ2) is 4.70. The van der Waals surface area contributed by atoms with Gasteiger partial charge in [0.2, 0.25) is 0 Å². The number of methoxy groups -OCH3 is 1. The molecule has 4 heteroatoms. The van der Waals surface area contributed by atoms with Crippen molar-refractivity contribution in [1.29, 1.82) is 0 Å². The Labute approximate surface area is 118 Å². The van der Waals surface area contributed by atoms with Crippen molar-refractivity contribution in [3.63, 3.8) is 0 Å². The van der Waals surface area contributed by atoms with E-state index in [9.17, 15) is 4.79 Å². The summed E-state index contributed by atoms with van der Waals surface area (Å²) in [7, 11) is 1.41. The Morgan fingerprint density at radius 1 is 1.16 bits per heavy atom. The Morgan fingerprint density at radius 2 is 1.84 bits per heavy atom. The largest absolute Gasteiger partial charge is 0.469 e. The number of H-pyrrole nitrogens is 1. The average molecular weight is 318 g/mol. The lowest BCUT2D eigenvalue weighted by atomic mass is 10.1. The van der Waals surface area contributed by atoms with Crippen LogP contribution in [0.1, 0.15) is 5.56 Å². The third kappa shape index (κ3) is 2.24. The third-order valence-electron chi connectivity index (χ3n) is 3.20. The van der Waals surface area contributed by atoms with E-state index in [-0.39, 0.29) is 5.97 Å². The molecule has 0 aliphatic rings. The summed E-state index contributed by atoms with van der Waals surface area (Å²) in [6, 6.07) is 12.1. The summed E-state index contributed by atoms with van der Waals surface area (Å²) in [4.78, 5) is 14.7. The molecule has 1 heterocycles. The molecule has 1 N–H and O–H groups in total. The highest BCUT2D eigenvalue weighted by Gasteiger charge is 2.08.